The number of esters is 1. The minimum absolute atomic E-state index is 0.0821. The quantitative estimate of drug-likeness (QED) is 0.548. The van der Waals surface area contributed by atoms with Crippen molar-refractivity contribution < 1.29 is 22.3 Å². The van der Waals surface area contributed by atoms with Crippen LogP contribution in [0.3, 0.4) is 0 Å². The number of sulfonamides is 1. The first kappa shape index (κ1) is 22.2. The monoisotopic (exact) mass is 457 g/mol. The Bertz CT molecular complexity index is 1260. The highest BCUT2D eigenvalue weighted by atomic mass is 32.2. The molecule has 1 aromatic heterocycles. The van der Waals surface area contributed by atoms with E-state index >= 15 is 0 Å². The van der Waals surface area contributed by atoms with Gasteiger partial charge in [-0.2, -0.15) is 4.31 Å². The number of aryl methyl sites for hydroxylation is 1. The van der Waals surface area contributed by atoms with Gasteiger partial charge in [0, 0.05) is 36.9 Å². The topological polar surface area (TPSA) is 79.8 Å². The van der Waals surface area contributed by atoms with Crippen LogP contribution >= 0.6 is 0 Å². The van der Waals surface area contributed by atoms with Crippen molar-refractivity contribution in [1.29, 1.82) is 0 Å². The van der Waals surface area contributed by atoms with E-state index in [0.717, 1.165) is 5.39 Å². The summed E-state index contributed by atoms with van der Waals surface area (Å²) in [6.45, 7) is 3.97. The van der Waals surface area contributed by atoms with Crippen LogP contribution in [-0.2, 0) is 19.6 Å². The van der Waals surface area contributed by atoms with E-state index in [1.165, 1.54) is 22.5 Å². The van der Waals surface area contributed by atoms with Crippen LogP contribution in [-0.4, -0.2) is 56.0 Å². The molecule has 1 aliphatic heterocycles. The maximum atomic E-state index is 13.6. The molecule has 0 aliphatic carbocycles. The zero-order valence-electron chi connectivity index (χ0n) is 17.9. The number of carbonyl (C=O) groups excluding carboxylic acids is 1. The minimum atomic E-state index is -3.92. The normalized spacial score (nSPS) is 17.5. The summed E-state index contributed by atoms with van der Waals surface area (Å²) in [5.74, 6) is -0.893. The number of para-hydroxylation sites is 1. The number of hydrogen-bond donors (Lipinski definition) is 0. The van der Waals surface area contributed by atoms with Gasteiger partial charge in [-0.1, -0.05) is 18.2 Å². The number of halogens is 1. The van der Waals surface area contributed by atoms with Crippen LogP contribution in [0, 0.1) is 12.7 Å². The Morgan fingerprint density at radius 1 is 1.19 bits per heavy atom. The van der Waals surface area contributed by atoms with E-state index in [9.17, 15) is 17.6 Å². The molecular weight excluding hydrogens is 433 g/mol. The Morgan fingerprint density at radius 2 is 1.97 bits per heavy atom. The molecule has 3 aromatic rings. The minimum Gasteiger partial charge on any atom is -0.464 e. The molecule has 168 valence electrons. The third-order valence-electron chi connectivity index (χ3n) is 5.58. The first-order chi connectivity index (χ1) is 15.3. The van der Waals surface area contributed by atoms with E-state index in [4.69, 9.17) is 4.74 Å². The van der Waals surface area contributed by atoms with Crippen molar-refractivity contribution in [3.8, 4) is 0 Å². The van der Waals surface area contributed by atoms with Gasteiger partial charge in [0.2, 0.25) is 10.0 Å². The van der Waals surface area contributed by atoms with Gasteiger partial charge in [-0.25, -0.2) is 17.6 Å². The Kier molecular flexibility index (Phi) is 6.12. The first-order valence-electron chi connectivity index (χ1n) is 10.4. The number of anilines is 1. The van der Waals surface area contributed by atoms with E-state index in [-0.39, 0.29) is 37.0 Å². The number of aromatic nitrogens is 1. The van der Waals surface area contributed by atoms with Gasteiger partial charge in [0.25, 0.3) is 0 Å². The molecule has 1 aliphatic rings. The number of benzene rings is 2. The van der Waals surface area contributed by atoms with Crippen LogP contribution in [0.5, 0.6) is 0 Å². The number of pyridine rings is 1. The standard InChI is InChI=1S/C23H24FN3O4S/c1-3-31-23(28)20-15-26(12-13-27(20)19-10-9-18(24)14-16(19)2)32(29,30)21-8-4-6-17-7-5-11-25-22(17)21/h4-11,14,20H,3,12-13,15H2,1-2H3. The zero-order chi connectivity index (χ0) is 22.9. The van der Waals surface area contributed by atoms with Gasteiger partial charge < -0.3 is 9.64 Å². The van der Waals surface area contributed by atoms with Crippen molar-refractivity contribution in [2.75, 3.05) is 31.1 Å². The molecule has 0 radical (unpaired) electrons. The van der Waals surface area contributed by atoms with Crippen LogP contribution in [0.2, 0.25) is 0 Å². The molecular formula is C23H24FN3O4S. The molecule has 2 heterocycles. The number of piperazine rings is 1. The fourth-order valence-corrected chi connectivity index (χ4v) is 5.67. The van der Waals surface area contributed by atoms with Gasteiger partial charge in [0.1, 0.15) is 16.8 Å². The second-order valence-corrected chi connectivity index (χ2v) is 9.49. The summed E-state index contributed by atoms with van der Waals surface area (Å²) in [5.41, 5.74) is 1.72. The SMILES string of the molecule is CCOC(=O)C1CN(S(=O)(=O)c2cccc3cccnc23)CCN1c1ccc(F)cc1C. The number of fused-ring (bicyclic) bond motifs is 1. The summed E-state index contributed by atoms with van der Waals surface area (Å²) in [5, 5.41) is 0.719. The van der Waals surface area contributed by atoms with Gasteiger partial charge in [-0.3, -0.25) is 4.98 Å². The number of carbonyl (C=O) groups is 1. The fourth-order valence-electron chi connectivity index (χ4n) is 4.07. The molecule has 1 fully saturated rings. The highest BCUT2D eigenvalue weighted by Gasteiger charge is 2.39. The van der Waals surface area contributed by atoms with Crippen molar-refractivity contribution >= 4 is 32.6 Å². The molecule has 0 N–H and O–H groups in total. The molecule has 1 saturated heterocycles. The average molecular weight is 458 g/mol. The second kappa shape index (κ2) is 8.84. The number of rotatable bonds is 5. The lowest BCUT2D eigenvalue weighted by Gasteiger charge is -2.41. The molecule has 1 atom stereocenters. The van der Waals surface area contributed by atoms with Gasteiger partial charge in [0.15, 0.2) is 0 Å². The third kappa shape index (κ3) is 4.05. The second-order valence-electron chi connectivity index (χ2n) is 7.59. The van der Waals surface area contributed by atoms with Crippen molar-refractivity contribution in [3.05, 3.63) is 66.1 Å². The van der Waals surface area contributed by atoms with Crippen LogP contribution in [0.15, 0.2) is 59.6 Å². The van der Waals surface area contributed by atoms with Crippen molar-refractivity contribution in [3.63, 3.8) is 0 Å². The fraction of sp³-hybridized carbons (Fsp3) is 0.304. The Morgan fingerprint density at radius 3 is 2.72 bits per heavy atom. The molecule has 0 spiro atoms. The van der Waals surface area contributed by atoms with Crippen molar-refractivity contribution in [1.82, 2.24) is 9.29 Å². The van der Waals surface area contributed by atoms with Crippen molar-refractivity contribution in [2.45, 2.75) is 24.8 Å². The number of nitrogens with zero attached hydrogens (tertiary/aromatic N) is 3. The summed E-state index contributed by atoms with van der Waals surface area (Å²) >= 11 is 0. The molecule has 0 bridgehead atoms. The van der Waals surface area contributed by atoms with Gasteiger partial charge in [-0.05, 0) is 49.7 Å². The molecule has 0 amide bonds. The summed E-state index contributed by atoms with van der Waals surface area (Å²) in [6, 6.07) is 12.0. The predicted molar refractivity (Wildman–Crippen MR) is 119 cm³/mol. The lowest BCUT2D eigenvalue weighted by molar-refractivity contribution is -0.145. The predicted octanol–water partition coefficient (Wildman–Crippen LogP) is 3.12. The summed E-state index contributed by atoms with van der Waals surface area (Å²) < 4.78 is 47.3. The van der Waals surface area contributed by atoms with Gasteiger partial charge in [0.05, 0.1) is 12.1 Å². The van der Waals surface area contributed by atoms with Crippen LogP contribution in [0.25, 0.3) is 10.9 Å². The smallest absolute Gasteiger partial charge is 0.330 e. The Labute approximate surface area is 186 Å². The zero-order valence-corrected chi connectivity index (χ0v) is 18.7. The Balaban J connectivity index is 1.71. The van der Waals surface area contributed by atoms with E-state index < -0.39 is 22.0 Å². The Hall–Kier alpha value is -3.04. The molecule has 1 unspecified atom stereocenters. The largest absolute Gasteiger partial charge is 0.464 e. The highest BCUT2D eigenvalue weighted by Crippen LogP contribution is 2.30. The van der Waals surface area contributed by atoms with Crippen LogP contribution in [0.1, 0.15) is 12.5 Å². The molecule has 2 aromatic carbocycles. The molecule has 7 nitrogen and oxygen atoms in total. The van der Waals surface area contributed by atoms with Crippen LogP contribution < -0.4 is 4.90 Å². The summed E-state index contributed by atoms with van der Waals surface area (Å²) in [4.78, 5) is 19.0. The molecule has 0 saturated carbocycles. The number of ether oxygens (including phenoxy) is 1. The maximum Gasteiger partial charge on any atom is 0.330 e. The molecule has 9 heteroatoms. The van der Waals surface area contributed by atoms with E-state index in [0.29, 0.717) is 16.8 Å². The summed E-state index contributed by atoms with van der Waals surface area (Å²) in [6.07, 6.45) is 1.55. The number of hydrogen-bond acceptors (Lipinski definition) is 6. The van der Waals surface area contributed by atoms with E-state index in [2.05, 4.69) is 4.98 Å². The molecule has 4 rings (SSSR count). The van der Waals surface area contributed by atoms with Crippen LogP contribution in [0.4, 0.5) is 10.1 Å². The lowest BCUT2D eigenvalue weighted by Crippen LogP contribution is -2.58. The van der Waals surface area contributed by atoms with E-state index in [1.54, 1.807) is 55.3 Å². The third-order valence-corrected chi connectivity index (χ3v) is 7.48. The molecule has 32 heavy (non-hydrogen) atoms. The first-order valence-corrected chi connectivity index (χ1v) is 11.8. The van der Waals surface area contributed by atoms with E-state index in [1.807, 2.05) is 0 Å². The van der Waals surface area contributed by atoms with Gasteiger partial charge >= 0.3 is 5.97 Å². The lowest BCUT2D eigenvalue weighted by atomic mass is 10.1. The maximum absolute atomic E-state index is 13.6. The average Bonchev–Trinajstić information content (AvgIpc) is 2.78. The highest BCUT2D eigenvalue weighted by molar-refractivity contribution is 7.89. The van der Waals surface area contributed by atoms with Gasteiger partial charge in [-0.15, -0.1) is 0 Å². The summed E-state index contributed by atoms with van der Waals surface area (Å²) in [7, 11) is -3.92. The van der Waals surface area contributed by atoms with Crippen molar-refractivity contribution in [2.24, 2.45) is 0 Å².